The molecule has 0 aliphatic heterocycles. The van der Waals surface area contributed by atoms with Crippen LogP contribution in [-0.4, -0.2) is 10.9 Å². The molecule has 0 unspecified atom stereocenters. The second-order valence-corrected chi connectivity index (χ2v) is 5.65. The molecule has 1 aromatic carbocycles. The Bertz CT molecular complexity index is 547. The molecule has 1 rings (SSSR count). The van der Waals surface area contributed by atoms with Gasteiger partial charge in [0.1, 0.15) is 11.6 Å². The number of amides is 1. The number of hydrogen-bond acceptors (Lipinski definition) is 2. The van der Waals surface area contributed by atoms with E-state index in [0.717, 1.165) is 12.1 Å². The zero-order chi connectivity index (χ0) is 15.5. The molecule has 0 saturated heterocycles. The van der Waals surface area contributed by atoms with Crippen molar-refractivity contribution in [3.63, 3.8) is 0 Å². The Morgan fingerprint density at radius 3 is 2.35 bits per heavy atom. The fraction of sp³-hybridized carbons (Fsp3) is 0.385. The van der Waals surface area contributed by atoms with Gasteiger partial charge in [0.25, 0.3) is 0 Å². The highest BCUT2D eigenvalue weighted by Gasteiger charge is 2.38. The molecule has 0 aliphatic rings. The van der Waals surface area contributed by atoms with Gasteiger partial charge in [0.15, 0.2) is 0 Å². The highest BCUT2D eigenvalue weighted by Crippen LogP contribution is 2.30. The first kappa shape index (κ1) is 17.0. The van der Waals surface area contributed by atoms with E-state index >= 15 is 0 Å². The fourth-order valence-electron chi connectivity index (χ4n) is 1.89. The number of thiocarbonyl (C=S) groups is 1. The highest BCUT2D eigenvalue weighted by molar-refractivity contribution is 9.10. The summed E-state index contributed by atoms with van der Waals surface area (Å²) in [7, 11) is 0. The third kappa shape index (κ3) is 3.15. The van der Waals surface area contributed by atoms with Crippen molar-refractivity contribution in [1.29, 1.82) is 0 Å². The third-order valence-corrected chi connectivity index (χ3v) is 4.37. The molecule has 0 fully saturated rings. The maximum absolute atomic E-state index is 13.7. The van der Waals surface area contributed by atoms with Crippen molar-refractivity contribution in [2.75, 3.05) is 5.32 Å². The van der Waals surface area contributed by atoms with Crippen LogP contribution < -0.4 is 11.1 Å². The van der Waals surface area contributed by atoms with E-state index in [-0.39, 0.29) is 15.1 Å². The molecule has 0 bridgehead atoms. The number of carbonyl (C=O) groups is 1. The van der Waals surface area contributed by atoms with Crippen LogP contribution in [0.1, 0.15) is 26.7 Å². The zero-order valence-corrected chi connectivity index (χ0v) is 13.5. The lowest BCUT2D eigenvalue weighted by atomic mass is 9.81. The van der Waals surface area contributed by atoms with Crippen LogP contribution in [0.15, 0.2) is 16.6 Å². The standard InChI is InChI=1S/C13H15BrF2N2OS/c1-3-13(4-2,11(17)20)12(19)18-10-6-8(15)7(14)5-9(10)16/h5-6H,3-4H2,1-2H3,(H2,17,20)(H,18,19). The van der Waals surface area contributed by atoms with Gasteiger partial charge in [0, 0.05) is 6.07 Å². The maximum atomic E-state index is 13.7. The first-order valence-corrected chi connectivity index (χ1v) is 7.24. The van der Waals surface area contributed by atoms with Gasteiger partial charge in [-0.15, -0.1) is 0 Å². The van der Waals surface area contributed by atoms with Crippen LogP contribution in [0.5, 0.6) is 0 Å². The summed E-state index contributed by atoms with van der Waals surface area (Å²) in [6.07, 6.45) is 0.761. The van der Waals surface area contributed by atoms with Gasteiger partial charge in [-0.05, 0) is 34.8 Å². The average Bonchev–Trinajstić information content (AvgIpc) is 2.37. The van der Waals surface area contributed by atoms with Crippen molar-refractivity contribution >= 4 is 44.7 Å². The van der Waals surface area contributed by atoms with Crippen molar-refractivity contribution in [3.8, 4) is 0 Å². The molecule has 0 radical (unpaired) electrons. The van der Waals surface area contributed by atoms with Crippen LogP contribution in [-0.2, 0) is 4.79 Å². The molecular formula is C13H15BrF2N2OS. The third-order valence-electron chi connectivity index (χ3n) is 3.37. The van der Waals surface area contributed by atoms with Crippen LogP contribution in [0.2, 0.25) is 0 Å². The second kappa shape index (κ2) is 6.58. The molecule has 3 N–H and O–H groups in total. The molecule has 0 aromatic heterocycles. The molecule has 1 amide bonds. The second-order valence-electron chi connectivity index (χ2n) is 4.35. The average molecular weight is 365 g/mol. The summed E-state index contributed by atoms with van der Waals surface area (Å²) in [6.45, 7) is 3.53. The van der Waals surface area contributed by atoms with E-state index < -0.39 is 23.0 Å². The molecule has 1 aromatic rings. The van der Waals surface area contributed by atoms with Crippen LogP contribution in [0.4, 0.5) is 14.5 Å². The zero-order valence-electron chi connectivity index (χ0n) is 11.1. The number of nitrogens with one attached hydrogen (secondary N) is 1. The number of anilines is 1. The van der Waals surface area contributed by atoms with Gasteiger partial charge in [-0.25, -0.2) is 8.78 Å². The van der Waals surface area contributed by atoms with Crippen LogP contribution in [0.25, 0.3) is 0 Å². The van der Waals surface area contributed by atoms with Crippen molar-refractivity contribution in [2.24, 2.45) is 11.1 Å². The summed E-state index contributed by atoms with van der Waals surface area (Å²) >= 11 is 7.81. The summed E-state index contributed by atoms with van der Waals surface area (Å²) in [5.74, 6) is -1.94. The van der Waals surface area contributed by atoms with E-state index in [4.69, 9.17) is 18.0 Å². The van der Waals surface area contributed by atoms with Gasteiger partial charge in [-0.3, -0.25) is 4.79 Å². The van der Waals surface area contributed by atoms with Crippen molar-refractivity contribution in [2.45, 2.75) is 26.7 Å². The normalized spacial score (nSPS) is 11.2. The number of halogens is 3. The lowest BCUT2D eigenvalue weighted by Crippen LogP contribution is -2.45. The number of rotatable bonds is 5. The van der Waals surface area contributed by atoms with Crippen LogP contribution in [0, 0.1) is 17.0 Å². The number of hydrogen-bond donors (Lipinski definition) is 2. The first-order chi connectivity index (χ1) is 9.28. The smallest absolute Gasteiger partial charge is 0.237 e. The Balaban J connectivity index is 3.12. The van der Waals surface area contributed by atoms with E-state index in [0.29, 0.717) is 12.8 Å². The van der Waals surface area contributed by atoms with Gasteiger partial charge in [0.05, 0.1) is 20.6 Å². The Kier molecular flexibility index (Phi) is 5.59. The molecule has 110 valence electrons. The minimum absolute atomic E-state index is 0.0143. The van der Waals surface area contributed by atoms with E-state index in [1.807, 2.05) is 0 Å². The highest BCUT2D eigenvalue weighted by atomic mass is 79.9. The van der Waals surface area contributed by atoms with Gasteiger partial charge < -0.3 is 11.1 Å². The molecule has 0 heterocycles. The summed E-state index contributed by atoms with van der Waals surface area (Å²) in [5, 5.41) is 2.36. The monoisotopic (exact) mass is 364 g/mol. The lowest BCUT2D eigenvalue weighted by molar-refractivity contribution is -0.122. The van der Waals surface area contributed by atoms with E-state index in [2.05, 4.69) is 21.2 Å². The predicted octanol–water partition coefficient (Wildman–Crippen LogP) is 3.76. The van der Waals surface area contributed by atoms with Crippen molar-refractivity contribution < 1.29 is 13.6 Å². The van der Waals surface area contributed by atoms with Gasteiger partial charge in [-0.1, -0.05) is 26.1 Å². The largest absolute Gasteiger partial charge is 0.392 e. The quantitative estimate of drug-likeness (QED) is 0.617. The summed E-state index contributed by atoms with van der Waals surface area (Å²) < 4.78 is 27.1. The Labute approximate surface area is 130 Å². The summed E-state index contributed by atoms with van der Waals surface area (Å²) in [6, 6.07) is 1.86. The molecule has 0 saturated carbocycles. The van der Waals surface area contributed by atoms with E-state index in [1.54, 1.807) is 13.8 Å². The van der Waals surface area contributed by atoms with Gasteiger partial charge >= 0.3 is 0 Å². The number of benzene rings is 1. The molecule has 7 heteroatoms. The van der Waals surface area contributed by atoms with E-state index in [1.165, 1.54) is 0 Å². The Morgan fingerprint density at radius 1 is 1.35 bits per heavy atom. The molecule has 0 aliphatic carbocycles. The fourth-order valence-corrected chi connectivity index (χ4v) is 2.59. The summed E-state index contributed by atoms with van der Waals surface area (Å²) in [4.78, 5) is 12.3. The molecule has 20 heavy (non-hydrogen) atoms. The van der Waals surface area contributed by atoms with Crippen LogP contribution >= 0.6 is 28.1 Å². The minimum atomic E-state index is -1.06. The van der Waals surface area contributed by atoms with Crippen LogP contribution in [0.3, 0.4) is 0 Å². The number of nitrogens with two attached hydrogens (primary N) is 1. The first-order valence-electron chi connectivity index (χ1n) is 6.04. The van der Waals surface area contributed by atoms with Gasteiger partial charge in [-0.2, -0.15) is 0 Å². The van der Waals surface area contributed by atoms with Gasteiger partial charge in [0.2, 0.25) is 5.91 Å². The Hall–Kier alpha value is -1.08. The topological polar surface area (TPSA) is 55.1 Å². The maximum Gasteiger partial charge on any atom is 0.237 e. The molecule has 0 atom stereocenters. The number of carbonyl (C=O) groups excluding carboxylic acids is 1. The lowest BCUT2D eigenvalue weighted by Gasteiger charge is -2.29. The molecule has 3 nitrogen and oxygen atoms in total. The molecule has 0 spiro atoms. The minimum Gasteiger partial charge on any atom is -0.392 e. The van der Waals surface area contributed by atoms with E-state index in [9.17, 15) is 13.6 Å². The van der Waals surface area contributed by atoms with Crippen molar-refractivity contribution in [3.05, 3.63) is 28.2 Å². The SMILES string of the molecule is CCC(CC)(C(=O)Nc1cc(F)c(Br)cc1F)C(N)=S. The van der Waals surface area contributed by atoms with Crippen molar-refractivity contribution in [1.82, 2.24) is 0 Å². The predicted molar refractivity (Wildman–Crippen MR) is 82.5 cm³/mol. The Morgan fingerprint density at radius 2 is 1.90 bits per heavy atom. The summed E-state index contributed by atoms with van der Waals surface area (Å²) in [5.41, 5.74) is 4.33. The molecular weight excluding hydrogens is 350 g/mol.